The lowest BCUT2D eigenvalue weighted by molar-refractivity contribution is -0.161. The Hall–Kier alpha value is -1.94. The smallest absolute Gasteiger partial charge is 0.462 e. The van der Waals surface area contributed by atoms with Gasteiger partial charge in [0.2, 0.25) is 0 Å². The molecule has 0 saturated heterocycles. The van der Waals surface area contributed by atoms with Gasteiger partial charge in [0.15, 0.2) is 12.2 Å². The first kappa shape index (κ1) is 84.1. The minimum Gasteiger partial charge on any atom is -0.462 e. The second-order valence-corrected chi connectivity index (χ2v) is 27.8. The lowest BCUT2D eigenvalue weighted by atomic mass is 10.00. The molecule has 0 radical (unpaired) electrons. The molecule has 3 N–H and O–H groups in total. The summed E-state index contributed by atoms with van der Waals surface area (Å²) < 4.78 is 68.1. The third kappa shape index (κ3) is 59.7. The largest absolute Gasteiger partial charge is 0.472 e. The third-order valence-corrected chi connectivity index (χ3v) is 17.7. The van der Waals surface area contributed by atoms with Crippen LogP contribution in [0.25, 0.3) is 0 Å². The monoisotopic (exact) mass is 1270 g/mol. The molecule has 6 atom stereocenters. The van der Waals surface area contributed by atoms with Gasteiger partial charge < -0.3 is 33.8 Å². The fourth-order valence-corrected chi connectivity index (χ4v) is 11.6. The van der Waals surface area contributed by atoms with E-state index in [0.717, 1.165) is 102 Å². The fraction of sp³-hybridized carbons (Fsp3) is 0.940. The molecule has 510 valence electrons. The Morgan fingerprint density at radius 1 is 0.337 bits per heavy atom. The quantitative estimate of drug-likeness (QED) is 0.0222. The molecule has 0 aliphatic rings. The van der Waals surface area contributed by atoms with Gasteiger partial charge in [-0.25, -0.2) is 9.13 Å². The van der Waals surface area contributed by atoms with Crippen LogP contribution in [0.3, 0.4) is 0 Å². The lowest BCUT2D eigenvalue weighted by Crippen LogP contribution is -2.30. The van der Waals surface area contributed by atoms with Crippen molar-refractivity contribution in [2.45, 2.75) is 355 Å². The molecular weight excluding hydrogens is 1140 g/mol. The van der Waals surface area contributed by atoms with Crippen LogP contribution in [0.5, 0.6) is 0 Å². The Labute approximate surface area is 524 Å². The average molecular weight is 1270 g/mol. The van der Waals surface area contributed by atoms with Crippen LogP contribution in [0.2, 0.25) is 0 Å². The van der Waals surface area contributed by atoms with Crippen molar-refractivity contribution >= 4 is 39.5 Å². The predicted molar refractivity (Wildman–Crippen MR) is 345 cm³/mol. The number of carbonyl (C=O) groups excluding carboxylic acids is 4. The molecule has 19 heteroatoms. The first-order chi connectivity index (χ1) is 41.4. The molecule has 0 heterocycles. The normalized spacial score (nSPS) is 14.5. The van der Waals surface area contributed by atoms with Crippen LogP contribution in [0.15, 0.2) is 0 Å². The van der Waals surface area contributed by atoms with E-state index in [1.165, 1.54) is 154 Å². The van der Waals surface area contributed by atoms with Gasteiger partial charge in [0.25, 0.3) is 0 Å². The summed E-state index contributed by atoms with van der Waals surface area (Å²) in [5.74, 6) is -0.684. The van der Waals surface area contributed by atoms with E-state index >= 15 is 0 Å². The molecule has 0 bridgehead atoms. The molecule has 0 rings (SSSR count). The highest BCUT2D eigenvalue weighted by Crippen LogP contribution is 2.45. The first-order valence-corrected chi connectivity index (χ1v) is 38.0. The molecule has 0 aromatic rings. The number of rotatable bonds is 66. The zero-order valence-corrected chi connectivity index (χ0v) is 57.4. The maximum absolute atomic E-state index is 13.0. The highest BCUT2D eigenvalue weighted by Gasteiger charge is 2.30. The zero-order valence-electron chi connectivity index (χ0n) is 55.6. The topological polar surface area (TPSA) is 237 Å². The molecule has 0 aliphatic heterocycles. The molecule has 17 nitrogen and oxygen atoms in total. The molecule has 3 unspecified atom stereocenters. The standard InChI is InChI=1S/C67H130O17P2/c1-7-10-12-14-16-18-20-21-22-23-24-26-32-39-45-51-66(71)83-62(55-78-65(70)50-44-38-31-28-27-29-35-41-47-59(4)5)57-81-85(73,74)79-53-61(68)54-80-86(75,76)82-58-63(84-67(72)52-46-40-34-33-36-42-48-60(6)9-3)56-77-64(69)49-43-37-30-25-19-17-15-13-11-8-2/h59-63,68H,7-58H2,1-6H3,(H,73,74)(H,75,76)/t60?,61-,62-,63-/m1/s1. The van der Waals surface area contributed by atoms with Crippen molar-refractivity contribution in [3.05, 3.63) is 0 Å². The zero-order chi connectivity index (χ0) is 63.6. The highest BCUT2D eigenvalue weighted by atomic mass is 31.2. The van der Waals surface area contributed by atoms with Crippen molar-refractivity contribution in [3.8, 4) is 0 Å². The summed E-state index contributed by atoms with van der Waals surface area (Å²) in [5.41, 5.74) is 0. The number of unbranched alkanes of at least 4 members (excludes halogenated alkanes) is 35. The molecular formula is C67H130O17P2. The number of carbonyl (C=O) groups is 4. The van der Waals surface area contributed by atoms with Crippen molar-refractivity contribution in [2.24, 2.45) is 11.8 Å². The van der Waals surface area contributed by atoms with E-state index < -0.39 is 97.5 Å². The van der Waals surface area contributed by atoms with E-state index in [4.69, 9.17) is 37.0 Å². The van der Waals surface area contributed by atoms with Gasteiger partial charge in [0.1, 0.15) is 19.3 Å². The van der Waals surface area contributed by atoms with Gasteiger partial charge in [-0.05, 0) is 37.5 Å². The van der Waals surface area contributed by atoms with Crippen LogP contribution >= 0.6 is 15.6 Å². The molecule has 86 heavy (non-hydrogen) atoms. The van der Waals surface area contributed by atoms with Gasteiger partial charge in [0, 0.05) is 25.7 Å². The molecule has 0 aliphatic carbocycles. The van der Waals surface area contributed by atoms with Crippen LogP contribution < -0.4 is 0 Å². The second kappa shape index (κ2) is 59.4. The second-order valence-electron chi connectivity index (χ2n) is 24.9. The van der Waals surface area contributed by atoms with Crippen LogP contribution in [-0.2, 0) is 65.4 Å². The van der Waals surface area contributed by atoms with E-state index in [2.05, 4.69) is 41.5 Å². The number of aliphatic hydroxyl groups is 1. The van der Waals surface area contributed by atoms with E-state index in [1.54, 1.807) is 0 Å². The Balaban J connectivity index is 5.24. The van der Waals surface area contributed by atoms with E-state index in [9.17, 15) is 43.2 Å². The van der Waals surface area contributed by atoms with E-state index in [-0.39, 0.29) is 25.7 Å². The summed E-state index contributed by atoms with van der Waals surface area (Å²) in [5, 5.41) is 10.6. The van der Waals surface area contributed by atoms with Gasteiger partial charge in [-0.1, -0.05) is 286 Å². The molecule has 0 spiro atoms. The molecule has 0 fully saturated rings. The Kier molecular flexibility index (Phi) is 58.0. The van der Waals surface area contributed by atoms with Crippen LogP contribution in [0, 0.1) is 11.8 Å². The predicted octanol–water partition coefficient (Wildman–Crippen LogP) is 18.8. The van der Waals surface area contributed by atoms with Crippen LogP contribution in [-0.4, -0.2) is 96.7 Å². The van der Waals surface area contributed by atoms with Gasteiger partial charge >= 0.3 is 39.5 Å². The summed E-state index contributed by atoms with van der Waals surface area (Å²) in [7, 11) is -9.89. The number of hydrogen-bond donors (Lipinski definition) is 3. The molecule has 0 amide bonds. The maximum Gasteiger partial charge on any atom is 0.472 e. The average Bonchev–Trinajstić information content (AvgIpc) is 3.69. The van der Waals surface area contributed by atoms with Gasteiger partial charge in [-0.15, -0.1) is 0 Å². The summed E-state index contributed by atoms with van der Waals surface area (Å²) >= 11 is 0. The fourth-order valence-electron chi connectivity index (χ4n) is 10.0. The Morgan fingerprint density at radius 2 is 0.593 bits per heavy atom. The number of hydrogen-bond acceptors (Lipinski definition) is 15. The minimum absolute atomic E-state index is 0.103. The number of phosphoric acid groups is 2. The number of phosphoric ester groups is 2. The van der Waals surface area contributed by atoms with Crippen molar-refractivity contribution in [1.29, 1.82) is 0 Å². The summed E-state index contributed by atoms with van der Waals surface area (Å²) in [6.45, 7) is 9.43. The maximum atomic E-state index is 13.0. The highest BCUT2D eigenvalue weighted by molar-refractivity contribution is 7.47. The lowest BCUT2D eigenvalue weighted by Gasteiger charge is -2.21. The van der Waals surface area contributed by atoms with Crippen molar-refractivity contribution in [3.63, 3.8) is 0 Å². The van der Waals surface area contributed by atoms with E-state index in [1.807, 2.05) is 0 Å². The van der Waals surface area contributed by atoms with Crippen LogP contribution in [0.1, 0.15) is 337 Å². The van der Waals surface area contributed by atoms with E-state index in [0.29, 0.717) is 25.7 Å². The van der Waals surface area contributed by atoms with Crippen LogP contribution in [0.4, 0.5) is 0 Å². The Morgan fingerprint density at radius 3 is 0.884 bits per heavy atom. The molecule has 0 saturated carbocycles. The van der Waals surface area contributed by atoms with Crippen molar-refractivity contribution < 1.29 is 80.2 Å². The molecule has 0 aromatic heterocycles. The Bertz CT molecular complexity index is 1690. The molecule has 0 aromatic carbocycles. The summed E-state index contributed by atoms with van der Waals surface area (Å²) in [4.78, 5) is 72.3. The number of aliphatic hydroxyl groups excluding tert-OH is 1. The number of esters is 4. The van der Waals surface area contributed by atoms with Gasteiger partial charge in [-0.2, -0.15) is 0 Å². The number of ether oxygens (including phenoxy) is 4. The first-order valence-electron chi connectivity index (χ1n) is 35.0. The summed E-state index contributed by atoms with van der Waals surface area (Å²) in [6.07, 6.45) is 43.1. The third-order valence-electron chi connectivity index (χ3n) is 15.8. The van der Waals surface area contributed by atoms with Gasteiger partial charge in [0.05, 0.1) is 26.4 Å². The van der Waals surface area contributed by atoms with Gasteiger partial charge in [-0.3, -0.25) is 37.3 Å². The van der Waals surface area contributed by atoms with Crippen molar-refractivity contribution in [1.82, 2.24) is 0 Å². The summed E-state index contributed by atoms with van der Waals surface area (Å²) in [6, 6.07) is 0. The SMILES string of the molecule is CCCCCCCCCCCCCCCCCC(=O)O[C@H](COC(=O)CCCCCCCCCCC(C)C)COP(=O)(O)OC[C@@H](O)COP(=O)(O)OC[C@@H](COC(=O)CCCCCCCCCCCC)OC(=O)CCCCCCCCC(C)CC. The van der Waals surface area contributed by atoms with Crippen molar-refractivity contribution in [2.75, 3.05) is 39.6 Å². The minimum atomic E-state index is -4.95.